The zero-order valence-electron chi connectivity index (χ0n) is 12.7. The van der Waals surface area contributed by atoms with E-state index in [2.05, 4.69) is 11.9 Å². The summed E-state index contributed by atoms with van der Waals surface area (Å²) in [5, 5.41) is 8.91. The Morgan fingerprint density at radius 1 is 1.14 bits per heavy atom. The van der Waals surface area contributed by atoms with Crippen LogP contribution in [0.2, 0.25) is 0 Å². The predicted molar refractivity (Wildman–Crippen MR) is 84.4 cm³/mol. The molecule has 2 rings (SSSR count). The van der Waals surface area contributed by atoms with Crippen molar-refractivity contribution in [2.24, 2.45) is 0 Å². The summed E-state index contributed by atoms with van der Waals surface area (Å²) in [7, 11) is 0. The number of aromatic nitrogens is 1. The van der Waals surface area contributed by atoms with Crippen molar-refractivity contribution in [1.29, 1.82) is 0 Å². The molecule has 1 aromatic carbocycles. The van der Waals surface area contributed by atoms with Crippen LogP contribution in [-0.4, -0.2) is 23.3 Å². The summed E-state index contributed by atoms with van der Waals surface area (Å²) in [6.45, 7) is 2.84. The second-order valence-corrected chi connectivity index (χ2v) is 4.89. The molecule has 0 atom stereocenters. The lowest BCUT2D eigenvalue weighted by atomic mass is 10.2. The fourth-order valence-electron chi connectivity index (χ4n) is 1.96. The lowest BCUT2D eigenvalue weighted by molar-refractivity contribution is 0.245. The fourth-order valence-corrected chi connectivity index (χ4v) is 1.96. The zero-order chi connectivity index (χ0) is 15.8. The van der Waals surface area contributed by atoms with E-state index in [1.54, 1.807) is 0 Å². The van der Waals surface area contributed by atoms with Gasteiger partial charge in [0.25, 0.3) is 0 Å². The molecule has 1 heterocycles. The van der Waals surface area contributed by atoms with E-state index in [4.69, 9.17) is 14.6 Å². The van der Waals surface area contributed by atoms with Gasteiger partial charge in [0.15, 0.2) is 5.75 Å². The Morgan fingerprint density at radius 3 is 2.50 bits per heavy atom. The molecule has 2 aromatic rings. The van der Waals surface area contributed by atoms with E-state index < -0.39 is 0 Å². The van der Waals surface area contributed by atoms with E-state index in [1.165, 1.54) is 17.8 Å². The molecule has 1 aromatic heterocycles. The van der Waals surface area contributed by atoms with E-state index in [-0.39, 0.29) is 17.8 Å². The van der Waals surface area contributed by atoms with Crippen molar-refractivity contribution in [3.05, 3.63) is 58.0 Å². The number of aliphatic hydroxyl groups excluding tert-OH is 1. The highest BCUT2D eigenvalue weighted by atomic mass is 16.5. The maximum atomic E-state index is 11.7. The van der Waals surface area contributed by atoms with Crippen LogP contribution < -0.4 is 14.9 Å². The van der Waals surface area contributed by atoms with Crippen molar-refractivity contribution < 1.29 is 14.6 Å². The van der Waals surface area contributed by atoms with Gasteiger partial charge in [0, 0.05) is 24.4 Å². The molecule has 0 aliphatic carbocycles. The molecule has 0 bridgehead atoms. The van der Waals surface area contributed by atoms with Crippen LogP contribution in [0.5, 0.6) is 11.5 Å². The molecule has 118 valence electrons. The molecule has 0 spiro atoms. The van der Waals surface area contributed by atoms with Crippen LogP contribution in [0.1, 0.15) is 24.6 Å². The highest BCUT2D eigenvalue weighted by Gasteiger charge is 2.02. The average molecular weight is 303 g/mol. The Bertz CT molecular complexity index is 634. The molecule has 5 heteroatoms. The van der Waals surface area contributed by atoms with Crippen LogP contribution in [0.3, 0.4) is 0 Å². The molecule has 0 aliphatic heterocycles. The molecular formula is C17H21NO4. The number of hydrogen-bond acceptors (Lipinski definition) is 4. The molecule has 5 nitrogen and oxygen atoms in total. The number of aromatic amines is 1. The molecule has 22 heavy (non-hydrogen) atoms. The molecule has 0 saturated carbocycles. The van der Waals surface area contributed by atoms with Crippen LogP contribution in [0, 0.1) is 0 Å². The lowest BCUT2D eigenvalue weighted by Gasteiger charge is -2.08. The highest BCUT2D eigenvalue weighted by Crippen LogP contribution is 2.12. The Hall–Kier alpha value is -2.27. The van der Waals surface area contributed by atoms with Crippen molar-refractivity contribution in [2.45, 2.75) is 26.4 Å². The summed E-state index contributed by atoms with van der Waals surface area (Å²) in [4.78, 5) is 14.5. The van der Waals surface area contributed by atoms with Gasteiger partial charge in [-0.3, -0.25) is 4.79 Å². The molecule has 0 amide bonds. The summed E-state index contributed by atoms with van der Waals surface area (Å²) >= 11 is 0. The first-order valence-electron chi connectivity index (χ1n) is 7.40. The van der Waals surface area contributed by atoms with E-state index in [0.717, 1.165) is 12.2 Å². The third-order valence-electron chi connectivity index (χ3n) is 3.25. The SMILES string of the molecule is CCc1ccc(OCCCOc2c[nH]c(CO)cc2=O)cc1. The number of benzene rings is 1. The predicted octanol–water partition coefficient (Wildman–Crippen LogP) is 2.28. The zero-order valence-corrected chi connectivity index (χ0v) is 12.7. The highest BCUT2D eigenvalue weighted by molar-refractivity contribution is 5.27. The number of pyridine rings is 1. The first-order chi connectivity index (χ1) is 10.7. The quantitative estimate of drug-likeness (QED) is 0.734. The van der Waals surface area contributed by atoms with Gasteiger partial charge in [-0.25, -0.2) is 0 Å². The molecule has 0 unspecified atom stereocenters. The summed E-state index contributed by atoms with van der Waals surface area (Å²) in [5.41, 5.74) is 1.51. The Morgan fingerprint density at radius 2 is 1.86 bits per heavy atom. The van der Waals surface area contributed by atoms with Crippen LogP contribution in [0.4, 0.5) is 0 Å². The van der Waals surface area contributed by atoms with Gasteiger partial charge in [-0.15, -0.1) is 0 Å². The van der Waals surface area contributed by atoms with Crippen molar-refractivity contribution in [2.75, 3.05) is 13.2 Å². The van der Waals surface area contributed by atoms with Gasteiger partial charge in [0.05, 0.1) is 19.8 Å². The second kappa shape index (κ2) is 8.24. The Labute approximate surface area is 129 Å². The van der Waals surface area contributed by atoms with Gasteiger partial charge in [0.2, 0.25) is 5.43 Å². The van der Waals surface area contributed by atoms with Crippen LogP contribution >= 0.6 is 0 Å². The van der Waals surface area contributed by atoms with Crippen LogP contribution in [0.25, 0.3) is 0 Å². The fraction of sp³-hybridized carbons (Fsp3) is 0.353. The van der Waals surface area contributed by atoms with Gasteiger partial charge in [-0.2, -0.15) is 0 Å². The van der Waals surface area contributed by atoms with Crippen molar-refractivity contribution in [1.82, 2.24) is 4.98 Å². The summed E-state index contributed by atoms with van der Waals surface area (Å²) in [6.07, 6.45) is 3.16. The molecular weight excluding hydrogens is 282 g/mol. The summed E-state index contributed by atoms with van der Waals surface area (Å²) in [5.74, 6) is 1.09. The molecule has 0 saturated heterocycles. The largest absolute Gasteiger partial charge is 0.493 e. The first kappa shape index (κ1) is 16.1. The second-order valence-electron chi connectivity index (χ2n) is 4.89. The lowest BCUT2D eigenvalue weighted by Crippen LogP contribution is -2.12. The van der Waals surface area contributed by atoms with Crippen LogP contribution in [-0.2, 0) is 13.0 Å². The maximum Gasteiger partial charge on any atom is 0.223 e. The van der Waals surface area contributed by atoms with E-state index in [9.17, 15) is 4.79 Å². The van der Waals surface area contributed by atoms with E-state index >= 15 is 0 Å². The van der Waals surface area contributed by atoms with Crippen molar-refractivity contribution in [3.63, 3.8) is 0 Å². The molecule has 2 N–H and O–H groups in total. The minimum absolute atomic E-state index is 0.194. The maximum absolute atomic E-state index is 11.7. The third kappa shape index (κ3) is 4.63. The number of ether oxygens (including phenoxy) is 2. The smallest absolute Gasteiger partial charge is 0.223 e. The first-order valence-corrected chi connectivity index (χ1v) is 7.40. The van der Waals surface area contributed by atoms with Crippen LogP contribution in [0.15, 0.2) is 41.3 Å². The molecule has 0 aliphatic rings. The topological polar surface area (TPSA) is 71.6 Å². The minimum Gasteiger partial charge on any atom is -0.493 e. The number of aryl methyl sites for hydroxylation is 1. The van der Waals surface area contributed by atoms with Gasteiger partial charge in [-0.1, -0.05) is 19.1 Å². The monoisotopic (exact) mass is 303 g/mol. The third-order valence-corrected chi connectivity index (χ3v) is 3.25. The molecule has 0 fully saturated rings. The summed E-state index contributed by atoms with van der Waals surface area (Å²) < 4.78 is 11.0. The number of H-pyrrole nitrogens is 1. The van der Waals surface area contributed by atoms with Crippen molar-refractivity contribution >= 4 is 0 Å². The van der Waals surface area contributed by atoms with Crippen molar-refractivity contribution in [3.8, 4) is 11.5 Å². The number of nitrogens with one attached hydrogen (secondary N) is 1. The Kier molecular flexibility index (Phi) is 6.03. The number of rotatable bonds is 8. The van der Waals surface area contributed by atoms with Gasteiger partial charge < -0.3 is 19.6 Å². The average Bonchev–Trinajstić information content (AvgIpc) is 2.56. The van der Waals surface area contributed by atoms with Gasteiger partial charge in [0.1, 0.15) is 5.75 Å². The number of aliphatic hydroxyl groups is 1. The van der Waals surface area contributed by atoms with E-state index in [1.807, 2.05) is 24.3 Å². The summed E-state index contributed by atoms with van der Waals surface area (Å²) in [6, 6.07) is 9.35. The molecule has 0 radical (unpaired) electrons. The van der Waals surface area contributed by atoms with E-state index in [0.29, 0.717) is 25.3 Å². The standard InChI is InChI=1S/C17H21NO4/c1-2-13-4-6-15(7-5-13)21-8-3-9-22-17-11-18-14(12-19)10-16(17)20/h4-7,10-11,19H,2-3,8-9,12H2,1H3,(H,18,20). The number of hydrogen-bond donors (Lipinski definition) is 2. The minimum atomic E-state index is -0.237. The Balaban J connectivity index is 1.71. The van der Waals surface area contributed by atoms with Gasteiger partial charge in [-0.05, 0) is 24.1 Å². The van der Waals surface area contributed by atoms with Gasteiger partial charge >= 0.3 is 0 Å². The normalized spacial score (nSPS) is 10.5.